The number of hydrogen-bond acceptors (Lipinski definition) is 5. The zero-order chi connectivity index (χ0) is 12.4. The maximum absolute atomic E-state index is 10.8. The molecule has 17 heavy (non-hydrogen) atoms. The molecule has 1 heterocycles. The first-order valence-electron chi connectivity index (χ1n) is 4.88. The molecule has 0 atom stereocenters. The van der Waals surface area contributed by atoms with E-state index in [2.05, 4.69) is 15.9 Å². The van der Waals surface area contributed by atoms with Crippen molar-refractivity contribution in [2.24, 2.45) is 0 Å². The second-order valence-corrected chi connectivity index (χ2v) is 4.23. The fourth-order valence-electron chi connectivity index (χ4n) is 1.60. The molecule has 1 aliphatic rings. The van der Waals surface area contributed by atoms with Crippen LogP contribution in [0.1, 0.15) is 11.9 Å². The van der Waals surface area contributed by atoms with E-state index < -0.39 is 11.2 Å². The Labute approximate surface area is 106 Å². The van der Waals surface area contributed by atoms with E-state index >= 15 is 0 Å². The van der Waals surface area contributed by atoms with Crippen LogP contribution in [-0.2, 0) is 9.47 Å². The summed E-state index contributed by atoms with van der Waals surface area (Å²) >= 11 is 3.13. The summed E-state index contributed by atoms with van der Waals surface area (Å²) < 4.78 is 16.2. The number of nitro groups is 1. The van der Waals surface area contributed by atoms with Gasteiger partial charge in [0.2, 0.25) is 0 Å². The normalized spacial score (nSPS) is 16.1. The number of ether oxygens (including phenoxy) is 3. The van der Waals surface area contributed by atoms with Crippen LogP contribution < -0.4 is 4.74 Å². The fourth-order valence-corrected chi connectivity index (χ4v) is 2.07. The minimum absolute atomic E-state index is 0.0418. The third-order valence-corrected chi connectivity index (χ3v) is 3.01. The molecule has 0 N–H and O–H groups in total. The third kappa shape index (κ3) is 2.41. The molecule has 2 rings (SSSR count). The lowest BCUT2D eigenvalue weighted by atomic mass is 10.1. The van der Waals surface area contributed by atoms with Crippen LogP contribution in [0.2, 0.25) is 0 Å². The summed E-state index contributed by atoms with van der Waals surface area (Å²) in [5.74, 6) is 0.495. The molecule has 1 aliphatic heterocycles. The van der Waals surface area contributed by atoms with Gasteiger partial charge in [-0.05, 0) is 15.9 Å². The van der Waals surface area contributed by atoms with Gasteiger partial charge >= 0.3 is 0 Å². The molecule has 0 amide bonds. The van der Waals surface area contributed by atoms with E-state index in [4.69, 9.17) is 14.2 Å². The van der Waals surface area contributed by atoms with E-state index in [1.807, 2.05) is 0 Å². The molecule has 0 aliphatic carbocycles. The van der Waals surface area contributed by atoms with Crippen molar-refractivity contribution in [1.82, 2.24) is 0 Å². The minimum Gasteiger partial charge on any atom is -0.496 e. The Bertz CT molecular complexity index is 445. The van der Waals surface area contributed by atoms with Crippen molar-refractivity contribution in [3.8, 4) is 5.75 Å². The van der Waals surface area contributed by atoms with Gasteiger partial charge in [-0.3, -0.25) is 10.1 Å². The maximum atomic E-state index is 10.8. The lowest BCUT2D eigenvalue weighted by Crippen LogP contribution is -2.03. The van der Waals surface area contributed by atoms with Crippen molar-refractivity contribution in [1.29, 1.82) is 0 Å². The topological polar surface area (TPSA) is 70.8 Å². The molecular weight excluding hydrogens is 294 g/mol. The maximum Gasteiger partial charge on any atom is 0.284 e. The highest BCUT2D eigenvalue weighted by Gasteiger charge is 2.26. The van der Waals surface area contributed by atoms with Gasteiger partial charge in [0.25, 0.3) is 5.69 Å². The van der Waals surface area contributed by atoms with Gasteiger partial charge in [-0.15, -0.1) is 0 Å². The molecule has 0 spiro atoms. The molecule has 1 fully saturated rings. The standard InChI is InChI=1S/C10H10BrNO5/c1-15-9-5-7(11)8(12(13)14)4-6(9)10-16-2-3-17-10/h4-5,10H,2-3H2,1H3. The lowest BCUT2D eigenvalue weighted by Gasteiger charge is -2.14. The quantitative estimate of drug-likeness (QED) is 0.633. The predicted octanol–water partition coefficient (Wildman–Crippen LogP) is 2.41. The first-order chi connectivity index (χ1) is 8.13. The van der Waals surface area contributed by atoms with Crippen molar-refractivity contribution in [2.75, 3.05) is 20.3 Å². The monoisotopic (exact) mass is 303 g/mol. The zero-order valence-corrected chi connectivity index (χ0v) is 10.6. The van der Waals surface area contributed by atoms with E-state index in [1.54, 1.807) is 6.07 Å². The first-order valence-corrected chi connectivity index (χ1v) is 5.68. The second kappa shape index (κ2) is 4.99. The van der Waals surface area contributed by atoms with E-state index in [-0.39, 0.29) is 5.69 Å². The van der Waals surface area contributed by atoms with Crippen LogP contribution in [0.15, 0.2) is 16.6 Å². The molecule has 92 valence electrons. The van der Waals surface area contributed by atoms with Crippen molar-refractivity contribution >= 4 is 21.6 Å². The van der Waals surface area contributed by atoms with E-state index in [1.165, 1.54) is 13.2 Å². The Morgan fingerprint density at radius 2 is 2.12 bits per heavy atom. The molecule has 0 saturated carbocycles. The van der Waals surface area contributed by atoms with Crippen molar-refractivity contribution < 1.29 is 19.1 Å². The Hall–Kier alpha value is -1.18. The Balaban J connectivity index is 2.47. The fraction of sp³-hybridized carbons (Fsp3) is 0.400. The van der Waals surface area contributed by atoms with Crippen LogP contribution in [0, 0.1) is 10.1 Å². The lowest BCUT2D eigenvalue weighted by molar-refractivity contribution is -0.385. The molecule has 0 unspecified atom stereocenters. The summed E-state index contributed by atoms with van der Waals surface area (Å²) in [4.78, 5) is 10.4. The van der Waals surface area contributed by atoms with Gasteiger partial charge in [-0.25, -0.2) is 0 Å². The first kappa shape index (κ1) is 12.3. The molecule has 7 heteroatoms. The highest BCUT2D eigenvalue weighted by molar-refractivity contribution is 9.10. The number of halogens is 1. The number of methoxy groups -OCH3 is 1. The summed E-state index contributed by atoms with van der Waals surface area (Å²) in [6, 6.07) is 2.94. The van der Waals surface area contributed by atoms with Gasteiger partial charge in [0.05, 0.1) is 35.3 Å². The highest BCUT2D eigenvalue weighted by atomic mass is 79.9. The van der Waals surface area contributed by atoms with Gasteiger partial charge in [0, 0.05) is 12.1 Å². The highest BCUT2D eigenvalue weighted by Crippen LogP contribution is 2.38. The van der Waals surface area contributed by atoms with Gasteiger partial charge in [-0.1, -0.05) is 0 Å². The van der Waals surface area contributed by atoms with Crippen LogP contribution in [0.3, 0.4) is 0 Å². The largest absolute Gasteiger partial charge is 0.496 e. The number of rotatable bonds is 3. The van der Waals surface area contributed by atoms with Gasteiger partial charge in [0.15, 0.2) is 6.29 Å². The van der Waals surface area contributed by atoms with Crippen LogP contribution in [0.4, 0.5) is 5.69 Å². The number of nitro benzene ring substituents is 1. The number of nitrogens with zero attached hydrogens (tertiary/aromatic N) is 1. The van der Waals surface area contributed by atoms with Crippen LogP contribution in [0.25, 0.3) is 0 Å². The number of benzene rings is 1. The summed E-state index contributed by atoms with van der Waals surface area (Å²) in [6.07, 6.45) is -0.600. The Morgan fingerprint density at radius 3 is 2.65 bits per heavy atom. The number of hydrogen-bond donors (Lipinski definition) is 0. The van der Waals surface area contributed by atoms with Gasteiger partial charge in [-0.2, -0.15) is 0 Å². The Kier molecular flexibility index (Phi) is 3.60. The van der Waals surface area contributed by atoms with Crippen LogP contribution in [0.5, 0.6) is 5.75 Å². The SMILES string of the molecule is COc1cc(Br)c([N+](=O)[O-])cc1C1OCCO1. The van der Waals surface area contributed by atoms with Crippen molar-refractivity contribution in [2.45, 2.75) is 6.29 Å². The molecule has 6 nitrogen and oxygen atoms in total. The smallest absolute Gasteiger partial charge is 0.284 e. The van der Waals surface area contributed by atoms with Crippen molar-refractivity contribution in [3.63, 3.8) is 0 Å². The molecule has 0 aromatic heterocycles. The summed E-state index contributed by atoms with van der Waals surface area (Å²) in [5, 5.41) is 10.8. The molecule has 0 bridgehead atoms. The zero-order valence-electron chi connectivity index (χ0n) is 9.01. The van der Waals surface area contributed by atoms with Crippen molar-refractivity contribution in [3.05, 3.63) is 32.3 Å². The summed E-state index contributed by atoms with van der Waals surface area (Å²) in [7, 11) is 1.49. The Morgan fingerprint density at radius 1 is 1.47 bits per heavy atom. The second-order valence-electron chi connectivity index (χ2n) is 3.38. The predicted molar refractivity (Wildman–Crippen MR) is 62.0 cm³/mol. The van der Waals surface area contributed by atoms with Crippen LogP contribution >= 0.6 is 15.9 Å². The van der Waals surface area contributed by atoms with Crippen LogP contribution in [-0.4, -0.2) is 25.2 Å². The summed E-state index contributed by atoms with van der Waals surface area (Å²) in [6.45, 7) is 0.940. The van der Waals surface area contributed by atoms with E-state index in [9.17, 15) is 10.1 Å². The van der Waals surface area contributed by atoms with Gasteiger partial charge in [0.1, 0.15) is 5.75 Å². The molecule has 1 aromatic rings. The van der Waals surface area contributed by atoms with E-state index in [0.717, 1.165) is 0 Å². The molecular formula is C10H10BrNO5. The average molecular weight is 304 g/mol. The summed E-state index contributed by atoms with van der Waals surface area (Å²) in [5.41, 5.74) is 0.486. The van der Waals surface area contributed by atoms with Gasteiger partial charge < -0.3 is 14.2 Å². The third-order valence-electron chi connectivity index (χ3n) is 2.37. The average Bonchev–Trinajstić information content (AvgIpc) is 2.81. The minimum atomic E-state index is -0.600. The molecule has 1 saturated heterocycles. The molecule has 1 aromatic carbocycles. The van der Waals surface area contributed by atoms with E-state index in [0.29, 0.717) is 29.0 Å². The molecule has 0 radical (unpaired) electrons.